The number of hydrogen-bond donors (Lipinski definition) is 2. The van der Waals surface area contributed by atoms with Crippen molar-refractivity contribution in [1.29, 1.82) is 0 Å². The van der Waals surface area contributed by atoms with Crippen LogP contribution < -0.4 is 10.2 Å². The van der Waals surface area contributed by atoms with Crippen LogP contribution in [0.15, 0.2) is 22.7 Å². The molecule has 114 valence electrons. The van der Waals surface area contributed by atoms with Gasteiger partial charge in [0, 0.05) is 29.7 Å². The summed E-state index contributed by atoms with van der Waals surface area (Å²) in [6, 6.07) is 7.31. The average molecular weight is 343 g/mol. The summed E-state index contributed by atoms with van der Waals surface area (Å²) in [5.74, 6) is 0. The normalized spacial score (nSPS) is 12.8. The van der Waals surface area contributed by atoms with Gasteiger partial charge in [-0.3, -0.25) is 0 Å². The van der Waals surface area contributed by atoms with Crippen LogP contribution in [0.5, 0.6) is 0 Å². The van der Waals surface area contributed by atoms with Gasteiger partial charge in [-0.25, -0.2) is 0 Å². The number of rotatable bonds is 8. The topological polar surface area (TPSA) is 35.5 Å². The van der Waals surface area contributed by atoms with E-state index in [0.717, 1.165) is 24.0 Å². The second-order valence-corrected chi connectivity index (χ2v) is 6.21. The summed E-state index contributed by atoms with van der Waals surface area (Å²) in [5, 5.41) is 12.5. The van der Waals surface area contributed by atoms with Gasteiger partial charge in [-0.1, -0.05) is 13.0 Å². The maximum absolute atomic E-state index is 9.04. The molecule has 0 aliphatic rings. The van der Waals surface area contributed by atoms with Crippen molar-refractivity contribution in [1.82, 2.24) is 5.32 Å². The number of aliphatic hydroxyl groups excluding tert-OH is 1. The molecule has 0 bridgehead atoms. The summed E-state index contributed by atoms with van der Waals surface area (Å²) in [6.45, 7) is 10.7. The molecule has 0 heterocycles. The first-order valence-corrected chi connectivity index (χ1v) is 8.20. The first-order chi connectivity index (χ1) is 9.51. The number of benzene rings is 1. The van der Waals surface area contributed by atoms with Crippen LogP contribution in [0.2, 0.25) is 0 Å². The van der Waals surface area contributed by atoms with Gasteiger partial charge in [-0.2, -0.15) is 0 Å². The quantitative estimate of drug-likeness (QED) is 0.755. The third kappa shape index (κ3) is 4.76. The lowest BCUT2D eigenvalue weighted by Crippen LogP contribution is -2.32. The molecule has 3 nitrogen and oxygen atoms in total. The van der Waals surface area contributed by atoms with E-state index in [1.807, 2.05) is 0 Å². The zero-order valence-electron chi connectivity index (χ0n) is 13.0. The summed E-state index contributed by atoms with van der Waals surface area (Å²) >= 11 is 3.70. The van der Waals surface area contributed by atoms with E-state index in [9.17, 15) is 0 Å². The fraction of sp³-hybridized carbons (Fsp3) is 0.625. The van der Waals surface area contributed by atoms with Gasteiger partial charge in [-0.15, -0.1) is 0 Å². The van der Waals surface area contributed by atoms with Gasteiger partial charge >= 0.3 is 0 Å². The highest BCUT2D eigenvalue weighted by molar-refractivity contribution is 9.10. The van der Waals surface area contributed by atoms with Gasteiger partial charge in [0.25, 0.3) is 0 Å². The lowest BCUT2D eigenvalue weighted by molar-refractivity contribution is 0.288. The lowest BCUT2D eigenvalue weighted by Gasteiger charge is -2.30. The van der Waals surface area contributed by atoms with Crippen molar-refractivity contribution in [2.24, 2.45) is 0 Å². The number of aliphatic hydroxyl groups is 1. The van der Waals surface area contributed by atoms with Crippen LogP contribution in [0.25, 0.3) is 0 Å². The van der Waals surface area contributed by atoms with Crippen molar-refractivity contribution >= 4 is 21.6 Å². The fourth-order valence-electron chi connectivity index (χ4n) is 2.35. The number of hydrogen-bond acceptors (Lipinski definition) is 3. The Morgan fingerprint density at radius 3 is 2.50 bits per heavy atom. The molecule has 1 aromatic carbocycles. The molecular formula is C16H27BrN2O. The minimum atomic E-state index is 0.233. The van der Waals surface area contributed by atoms with Gasteiger partial charge in [0.05, 0.1) is 5.69 Å². The van der Waals surface area contributed by atoms with E-state index in [4.69, 9.17) is 5.11 Å². The molecule has 0 fully saturated rings. The van der Waals surface area contributed by atoms with Gasteiger partial charge in [0.1, 0.15) is 0 Å². The molecule has 1 unspecified atom stereocenters. The van der Waals surface area contributed by atoms with Crippen LogP contribution >= 0.6 is 15.9 Å². The maximum atomic E-state index is 9.04. The van der Waals surface area contributed by atoms with Crippen LogP contribution in [0.3, 0.4) is 0 Å². The van der Waals surface area contributed by atoms with Crippen molar-refractivity contribution < 1.29 is 5.11 Å². The number of nitrogens with zero attached hydrogens (tertiary/aromatic N) is 1. The first kappa shape index (κ1) is 17.5. The first-order valence-electron chi connectivity index (χ1n) is 7.41. The highest BCUT2D eigenvalue weighted by Gasteiger charge is 2.14. The summed E-state index contributed by atoms with van der Waals surface area (Å²) in [6.07, 6.45) is 0.792. The molecule has 0 saturated carbocycles. The van der Waals surface area contributed by atoms with E-state index < -0.39 is 0 Å². The molecule has 0 spiro atoms. The van der Waals surface area contributed by atoms with Gasteiger partial charge in [0.2, 0.25) is 0 Å². The Morgan fingerprint density at radius 2 is 2.00 bits per heavy atom. The number of nitrogens with one attached hydrogen (secondary N) is 1. The Balaban J connectivity index is 2.94. The van der Waals surface area contributed by atoms with Crippen molar-refractivity contribution in [3.8, 4) is 0 Å². The van der Waals surface area contributed by atoms with E-state index in [1.165, 1.54) is 11.3 Å². The summed E-state index contributed by atoms with van der Waals surface area (Å²) in [7, 11) is 0. The number of anilines is 1. The molecule has 0 aliphatic carbocycles. The smallest absolute Gasteiger partial charge is 0.0513 e. The molecule has 0 aromatic heterocycles. The molecule has 0 aliphatic heterocycles. The zero-order chi connectivity index (χ0) is 15.1. The van der Waals surface area contributed by atoms with Crippen LogP contribution in [0.1, 0.15) is 45.7 Å². The third-order valence-electron chi connectivity index (χ3n) is 3.47. The minimum Gasteiger partial charge on any atom is -0.396 e. The molecular weight excluding hydrogens is 316 g/mol. The Labute approximate surface area is 131 Å². The molecule has 0 amide bonds. The highest BCUT2D eigenvalue weighted by atomic mass is 79.9. The van der Waals surface area contributed by atoms with E-state index in [2.05, 4.69) is 72.0 Å². The predicted molar refractivity (Wildman–Crippen MR) is 90.4 cm³/mol. The third-order valence-corrected chi connectivity index (χ3v) is 4.11. The van der Waals surface area contributed by atoms with E-state index in [1.54, 1.807) is 0 Å². The molecule has 2 N–H and O–H groups in total. The van der Waals surface area contributed by atoms with Crippen molar-refractivity contribution in [3.63, 3.8) is 0 Å². The van der Waals surface area contributed by atoms with Crippen molar-refractivity contribution in [2.75, 3.05) is 24.6 Å². The predicted octanol–water partition coefficient (Wildman–Crippen LogP) is 3.72. The van der Waals surface area contributed by atoms with E-state index in [-0.39, 0.29) is 6.61 Å². The van der Waals surface area contributed by atoms with Gasteiger partial charge < -0.3 is 15.3 Å². The monoisotopic (exact) mass is 342 g/mol. The standard InChI is InChI=1S/C16H27BrN2O/c1-5-18-13(4)14-7-8-16(15(17)11-14)19(12(2)3)9-6-10-20/h7-8,11-13,18,20H,5-6,9-10H2,1-4H3. The van der Waals surface area contributed by atoms with E-state index in [0.29, 0.717) is 12.1 Å². The highest BCUT2D eigenvalue weighted by Crippen LogP contribution is 2.30. The molecule has 20 heavy (non-hydrogen) atoms. The van der Waals surface area contributed by atoms with Crippen LogP contribution in [0.4, 0.5) is 5.69 Å². The van der Waals surface area contributed by atoms with Gasteiger partial charge in [-0.05, 0) is 67.4 Å². The molecule has 1 aromatic rings. The molecule has 0 saturated heterocycles. The van der Waals surface area contributed by atoms with Crippen LogP contribution in [-0.2, 0) is 0 Å². The summed E-state index contributed by atoms with van der Waals surface area (Å²) in [5.41, 5.74) is 2.48. The van der Waals surface area contributed by atoms with Gasteiger partial charge in [0.15, 0.2) is 0 Å². The molecule has 0 radical (unpaired) electrons. The Morgan fingerprint density at radius 1 is 1.30 bits per heavy atom. The Kier molecular flexibility index (Phi) is 7.56. The second-order valence-electron chi connectivity index (χ2n) is 5.35. The van der Waals surface area contributed by atoms with Crippen molar-refractivity contribution in [2.45, 2.75) is 46.2 Å². The SMILES string of the molecule is CCNC(C)c1ccc(N(CCCO)C(C)C)c(Br)c1. The fourth-order valence-corrected chi connectivity index (χ4v) is 2.97. The average Bonchev–Trinajstić information content (AvgIpc) is 2.40. The molecule has 1 atom stereocenters. The molecule has 1 rings (SSSR count). The van der Waals surface area contributed by atoms with Crippen molar-refractivity contribution in [3.05, 3.63) is 28.2 Å². The minimum absolute atomic E-state index is 0.233. The summed E-state index contributed by atoms with van der Waals surface area (Å²) in [4.78, 5) is 2.32. The number of halogens is 1. The maximum Gasteiger partial charge on any atom is 0.0513 e. The molecule has 4 heteroatoms. The van der Waals surface area contributed by atoms with Crippen LogP contribution in [-0.4, -0.2) is 30.8 Å². The Bertz CT molecular complexity index is 409. The zero-order valence-corrected chi connectivity index (χ0v) is 14.6. The van der Waals surface area contributed by atoms with Crippen LogP contribution in [0, 0.1) is 0 Å². The lowest BCUT2D eigenvalue weighted by atomic mass is 10.1. The van der Waals surface area contributed by atoms with E-state index >= 15 is 0 Å². The second kappa shape index (κ2) is 8.65. The Hall–Kier alpha value is -0.580. The largest absolute Gasteiger partial charge is 0.396 e. The summed E-state index contributed by atoms with van der Waals surface area (Å²) < 4.78 is 1.12.